The van der Waals surface area contributed by atoms with Crippen LogP contribution in [0.1, 0.15) is 37.7 Å². The van der Waals surface area contributed by atoms with Crippen molar-refractivity contribution < 1.29 is 9.13 Å². The highest BCUT2D eigenvalue weighted by atomic mass is 19.1. The fourth-order valence-electron chi connectivity index (χ4n) is 4.93. The molecule has 2 nitrogen and oxygen atoms in total. The molecule has 0 heterocycles. The normalized spacial score (nSPS) is 37.7. The van der Waals surface area contributed by atoms with Crippen molar-refractivity contribution in [2.45, 2.75) is 38.2 Å². The van der Waals surface area contributed by atoms with Crippen LogP contribution in [0.25, 0.3) is 0 Å². The largest absolute Gasteiger partial charge is 0.488 e. The summed E-state index contributed by atoms with van der Waals surface area (Å²) in [5.74, 6) is 2.96. The molecule has 4 aliphatic carbocycles. The highest BCUT2D eigenvalue weighted by Gasteiger charge is 2.49. The van der Waals surface area contributed by atoms with Gasteiger partial charge in [0, 0.05) is 0 Å². The third-order valence-corrected chi connectivity index (χ3v) is 5.49. The standard InChI is InChI=1S/C17H18FNO/c18-15-2-1-3-16(14(15)9-19)20-17-12-5-10-4-11(7-12)8-13(17)6-10/h1-3,10-13,17H,4-8H2. The minimum absolute atomic E-state index is 0.0568. The third kappa shape index (κ3) is 1.82. The average molecular weight is 271 g/mol. The summed E-state index contributed by atoms with van der Waals surface area (Å²) in [4.78, 5) is 0. The second-order valence-corrected chi connectivity index (χ2v) is 6.74. The highest BCUT2D eigenvalue weighted by molar-refractivity contribution is 5.44. The van der Waals surface area contributed by atoms with Crippen molar-refractivity contribution in [3.63, 3.8) is 0 Å². The first-order chi connectivity index (χ1) is 9.74. The summed E-state index contributed by atoms with van der Waals surface area (Å²) in [6.07, 6.45) is 6.63. The maximum Gasteiger partial charge on any atom is 0.144 e. The van der Waals surface area contributed by atoms with Crippen LogP contribution in [0.5, 0.6) is 5.75 Å². The second kappa shape index (κ2) is 4.48. The maximum atomic E-state index is 13.7. The van der Waals surface area contributed by atoms with Gasteiger partial charge in [-0.2, -0.15) is 5.26 Å². The number of rotatable bonds is 2. The minimum Gasteiger partial charge on any atom is -0.488 e. The van der Waals surface area contributed by atoms with Crippen LogP contribution < -0.4 is 4.74 Å². The van der Waals surface area contributed by atoms with Gasteiger partial charge in [-0.05, 0) is 67.9 Å². The van der Waals surface area contributed by atoms with Crippen molar-refractivity contribution in [2.24, 2.45) is 23.7 Å². The van der Waals surface area contributed by atoms with Gasteiger partial charge in [0.05, 0.1) is 0 Å². The van der Waals surface area contributed by atoms with Gasteiger partial charge in [0.1, 0.15) is 29.3 Å². The SMILES string of the molecule is N#Cc1c(F)cccc1OC1C2CC3CC(C2)CC1C3. The van der Waals surface area contributed by atoms with E-state index >= 15 is 0 Å². The summed E-state index contributed by atoms with van der Waals surface area (Å²) >= 11 is 0. The first-order valence-corrected chi connectivity index (χ1v) is 7.60. The lowest BCUT2D eigenvalue weighted by Crippen LogP contribution is -2.50. The Morgan fingerprint density at radius 3 is 2.30 bits per heavy atom. The zero-order valence-electron chi connectivity index (χ0n) is 11.4. The van der Waals surface area contributed by atoms with Gasteiger partial charge in [-0.25, -0.2) is 4.39 Å². The van der Waals surface area contributed by atoms with Crippen LogP contribution in [0.3, 0.4) is 0 Å². The minimum atomic E-state index is -0.478. The summed E-state index contributed by atoms with van der Waals surface area (Å²) in [6.45, 7) is 0. The van der Waals surface area contributed by atoms with Crippen LogP contribution in [0.4, 0.5) is 4.39 Å². The average Bonchev–Trinajstić information content (AvgIpc) is 2.42. The first-order valence-electron chi connectivity index (χ1n) is 7.60. The maximum absolute atomic E-state index is 13.7. The molecule has 0 amide bonds. The van der Waals surface area contributed by atoms with Gasteiger partial charge in [-0.3, -0.25) is 0 Å². The fourth-order valence-corrected chi connectivity index (χ4v) is 4.93. The van der Waals surface area contributed by atoms with Crippen LogP contribution >= 0.6 is 0 Å². The van der Waals surface area contributed by atoms with Gasteiger partial charge in [0.25, 0.3) is 0 Å². The zero-order chi connectivity index (χ0) is 13.7. The molecule has 0 saturated heterocycles. The molecule has 1 aromatic rings. The summed E-state index contributed by atoms with van der Waals surface area (Å²) in [5, 5.41) is 9.11. The summed E-state index contributed by atoms with van der Waals surface area (Å²) in [7, 11) is 0. The molecular weight excluding hydrogens is 253 g/mol. The Hall–Kier alpha value is -1.56. The smallest absolute Gasteiger partial charge is 0.144 e. The van der Waals surface area contributed by atoms with Gasteiger partial charge in [0.15, 0.2) is 0 Å². The van der Waals surface area contributed by atoms with Crippen LogP contribution in [0.15, 0.2) is 18.2 Å². The molecule has 4 fully saturated rings. The van der Waals surface area contributed by atoms with Crippen LogP contribution in [-0.4, -0.2) is 6.10 Å². The molecular formula is C17H18FNO. The summed E-state index contributed by atoms with van der Waals surface area (Å²) in [6, 6.07) is 6.61. The Kier molecular flexibility index (Phi) is 2.73. The number of nitrogens with zero attached hydrogens (tertiary/aromatic N) is 1. The van der Waals surface area contributed by atoms with Gasteiger partial charge in [-0.1, -0.05) is 6.07 Å². The molecule has 1 aromatic carbocycles. The lowest BCUT2D eigenvalue weighted by atomic mass is 9.55. The molecule has 104 valence electrons. The Morgan fingerprint density at radius 2 is 1.70 bits per heavy atom. The summed E-state index contributed by atoms with van der Waals surface area (Å²) < 4.78 is 19.8. The van der Waals surface area contributed by atoms with E-state index in [9.17, 15) is 4.39 Å². The van der Waals surface area contributed by atoms with E-state index < -0.39 is 5.82 Å². The number of ether oxygens (including phenoxy) is 1. The lowest BCUT2D eigenvalue weighted by Gasteiger charge is -2.53. The molecule has 3 heteroatoms. The van der Waals surface area contributed by atoms with E-state index in [0.717, 1.165) is 11.8 Å². The highest BCUT2D eigenvalue weighted by Crippen LogP contribution is 2.54. The first kappa shape index (κ1) is 12.2. The van der Waals surface area contributed by atoms with Gasteiger partial charge < -0.3 is 4.74 Å². The molecule has 4 saturated carbocycles. The monoisotopic (exact) mass is 271 g/mol. The zero-order valence-corrected chi connectivity index (χ0v) is 11.4. The predicted molar refractivity (Wildman–Crippen MR) is 72.6 cm³/mol. The molecule has 4 aliphatic rings. The molecule has 0 atom stereocenters. The van der Waals surface area contributed by atoms with E-state index in [1.54, 1.807) is 12.1 Å². The number of nitriles is 1. The molecule has 0 spiro atoms. The van der Waals surface area contributed by atoms with E-state index in [1.807, 2.05) is 6.07 Å². The Bertz CT molecular complexity index is 549. The fraction of sp³-hybridized carbons (Fsp3) is 0.588. The van der Waals surface area contributed by atoms with Gasteiger partial charge in [-0.15, -0.1) is 0 Å². The van der Waals surface area contributed by atoms with Crippen molar-refractivity contribution in [1.82, 2.24) is 0 Å². The van der Waals surface area contributed by atoms with Crippen LogP contribution in [-0.2, 0) is 0 Å². The molecule has 0 radical (unpaired) electrons. The molecule has 4 bridgehead atoms. The second-order valence-electron chi connectivity index (χ2n) is 6.74. The van der Waals surface area contributed by atoms with Crippen LogP contribution in [0, 0.1) is 40.8 Å². The van der Waals surface area contributed by atoms with Crippen molar-refractivity contribution in [1.29, 1.82) is 5.26 Å². The lowest BCUT2D eigenvalue weighted by molar-refractivity contribution is -0.0791. The van der Waals surface area contributed by atoms with Crippen molar-refractivity contribution >= 4 is 0 Å². The van der Waals surface area contributed by atoms with E-state index in [4.69, 9.17) is 10.00 Å². The molecule has 20 heavy (non-hydrogen) atoms. The number of benzene rings is 1. The van der Waals surface area contributed by atoms with E-state index in [1.165, 1.54) is 38.2 Å². The predicted octanol–water partition coefficient (Wildman–Crippen LogP) is 3.90. The number of hydrogen-bond acceptors (Lipinski definition) is 2. The van der Waals surface area contributed by atoms with Gasteiger partial charge >= 0.3 is 0 Å². The van der Waals surface area contributed by atoms with Crippen LogP contribution in [0.2, 0.25) is 0 Å². The van der Waals surface area contributed by atoms with Crippen molar-refractivity contribution in [3.05, 3.63) is 29.6 Å². The number of halogens is 1. The molecule has 0 aliphatic heterocycles. The topological polar surface area (TPSA) is 33.0 Å². The molecule has 5 rings (SSSR count). The third-order valence-electron chi connectivity index (χ3n) is 5.49. The Morgan fingerprint density at radius 1 is 1.05 bits per heavy atom. The molecule has 0 aromatic heterocycles. The van der Waals surface area contributed by atoms with E-state index in [-0.39, 0.29) is 11.7 Å². The van der Waals surface area contributed by atoms with E-state index in [2.05, 4.69) is 0 Å². The Balaban J connectivity index is 1.61. The quantitative estimate of drug-likeness (QED) is 0.817. The number of hydrogen-bond donors (Lipinski definition) is 0. The van der Waals surface area contributed by atoms with E-state index in [0.29, 0.717) is 17.6 Å². The Labute approximate surface area is 118 Å². The van der Waals surface area contributed by atoms with Crippen molar-refractivity contribution in [3.8, 4) is 11.8 Å². The molecule has 0 unspecified atom stereocenters. The summed E-state index contributed by atoms with van der Waals surface area (Å²) in [5.41, 5.74) is 0.0568. The molecule has 0 N–H and O–H groups in total. The van der Waals surface area contributed by atoms with Gasteiger partial charge in [0.2, 0.25) is 0 Å². The van der Waals surface area contributed by atoms with Crippen molar-refractivity contribution in [2.75, 3.05) is 0 Å².